The molecule has 102 valence electrons. The van der Waals surface area contributed by atoms with Gasteiger partial charge in [0.25, 0.3) is 0 Å². The summed E-state index contributed by atoms with van der Waals surface area (Å²) in [6.45, 7) is 8.61. The summed E-state index contributed by atoms with van der Waals surface area (Å²) in [6.07, 6.45) is 5.22. The van der Waals surface area contributed by atoms with Gasteiger partial charge in [-0.3, -0.25) is 4.68 Å². The number of aromatic nitrogens is 4. The molecule has 2 aromatic rings. The zero-order chi connectivity index (χ0) is 13.8. The fraction of sp³-hybridized carbons (Fsp3) is 0.462. The van der Waals surface area contributed by atoms with Crippen LogP contribution in [0.25, 0.3) is 0 Å². The van der Waals surface area contributed by atoms with Crippen molar-refractivity contribution in [3.63, 3.8) is 0 Å². The van der Waals surface area contributed by atoms with Crippen LogP contribution in [-0.2, 0) is 0 Å². The molecule has 0 aliphatic carbocycles. The minimum absolute atomic E-state index is 0.334. The maximum Gasteiger partial charge on any atom is 0.221 e. The van der Waals surface area contributed by atoms with Gasteiger partial charge in [0.05, 0.1) is 24.1 Å². The number of nitrogens with zero attached hydrogens (tertiary/aromatic N) is 4. The molecule has 6 nitrogen and oxygen atoms in total. The first-order valence-electron chi connectivity index (χ1n) is 6.37. The van der Waals surface area contributed by atoms with Gasteiger partial charge in [-0.15, -0.1) is 0 Å². The van der Waals surface area contributed by atoms with Crippen molar-refractivity contribution in [1.29, 1.82) is 0 Å². The number of hydrogen-bond acceptors (Lipinski definition) is 5. The van der Waals surface area contributed by atoms with Crippen LogP contribution >= 0.6 is 0 Å². The van der Waals surface area contributed by atoms with Crippen molar-refractivity contribution < 1.29 is 4.74 Å². The fourth-order valence-electron chi connectivity index (χ4n) is 1.66. The van der Waals surface area contributed by atoms with Crippen LogP contribution in [0, 0.1) is 6.92 Å². The topological polar surface area (TPSA) is 64.9 Å². The van der Waals surface area contributed by atoms with Gasteiger partial charge in [-0.1, -0.05) is 0 Å². The molecule has 0 unspecified atom stereocenters. The lowest BCUT2D eigenvalue weighted by molar-refractivity contribution is 0.324. The zero-order valence-corrected chi connectivity index (χ0v) is 11.7. The molecule has 2 heterocycles. The number of ether oxygens (including phenoxy) is 1. The molecule has 0 radical (unpaired) electrons. The maximum absolute atomic E-state index is 5.45. The molecule has 0 aromatic carbocycles. The van der Waals surface area contributed by atoms with Gasteiger partial charge >= 0.3 is 0 Å². The maximum atomic E-state index is 5.45. The summed E-state index contributed by atoms with van der Waals surface area (Å²) in [5.41, 5.74) is 1.79. The van der Waals surface area contributed by atoms with Crippen LogP contribution in [0.3, 0.4) is 0 Å². The number of nitrogens with one attached hydrogen (secondary N) is 1. The minimum atomic E-state index is 0.334. The molecule has 6 heteroatoms. The summed E-state index contributed by atoms with van der Waals surface area (Å²) < 4.78 is 7.34. The highest BCUT2D eigenvalue weighted by Crippen LogP contribution is 2.23. The standard InChI is InChI=1S/C13H19N5O/c1-5-19-13-10(4)12(14-8-15-13)17-11-6-16-18(7-11)9(2)3/h6-9H,5H2,1-4H3,(H,14,15,17). The molecule has 1 N–H and O–H groups in total. The molecule has 2 aromatic heterocycles. The molecular weight excluding hydrogens is 242 g/mol. The second-order valence-corrected chi connectivity index (χ2v) is 4.51. The minimum Gasteiger partial charge on any atom is -0.478 e. The smallest absolute Gasteiger partial charge is 0.221 e. The van der Waals surface area contributed by atoms with Crippen molar-refractivity contribution in [2.45, 2.75) is 33.7 Å². The Morgan fingerprint density at radius 3 is 2.79 bits per heavy atom. The van der Waals surface area contributed by atoms with Crippen molar-refractivity contribution in [3.05, 3.63) is 24.3 Å². The predicted octanol–water partition coefficient (Wildman–Crippen LogP) is 2.70. The lowest BCUT2D eigenvalue weighted by Gasteiger charge is -2.10. The zero-order valence-electron chi connectivity index (χ0n) is 11.7. The van der Waals surface area contributed by atoms with Crippen molar-refractivity contribution in [1.82, 2.24) is 19.7 Å². The van der Waals surface area contributed by atoms with E-state index in [1.54, 1.807) is 6.20 Å². The fourth-order valence-corrected chi connectivity index (χ4v) is 1.66. The Morgan fingerprint density at radius 2 is 2.16 bits per heavy atom. The third kappa shape index (κ3) is 3.01. The van der Waals surface area contributed by atoms with Gasteiger partial charge < -0.3 is 10.1 Å². The Bertz CT molecular complexity index is 550. The molecule has 19 heavy (non-hydrogen) atoms. The Balaban J connectivity index is 2.20. The Kier molecular flexibility index (Phi) is 3.99. The molecule has 0 aliphatic rings. The third-order valence-electron chi connectivity index (χ3n) is 2.71. The van der Waals surface area contributed by atoms with E-state index < -0.39 is 0 Å². The van der Waals surface area contributed by atoms with Crippen LogP contribution in [0.15, 0.2) is 18.7 Å². The average molecular weight is 261 g/mol. The molecule has 0 fully saturated rings. The molecule has 0 saturated heterocycles. The van der Waals surface area contributed by atoms with Gasteiger partial charge in [0.1, 0.15) is 12.1 Å². The Labute approximate surface area is 112 Å². The number of rotatable bonds is 5. The van der Waals surface area contributed by atoms with Gasteiger partial charge in [-0.05, 0) is 27.7 Å². The lowest BCUT2D eigenvalue weighted by atomic mass is 10.3. The summed E-state index contributed by atoms with van der Waals surface area (Å²) >= 11 is 0. The highest BCUT2D eigenvalue weighted by atomic mass is 16.5. The quantitative estimate of drug-likeness (QED) is 0.896. The van der Waals surface area contributed by atoms with Gasteiger partial charge in [0, 0.05) is 12.2 Å². The molecule has 0 saturated carbocycles. The molecule has 0 bridgehead atoms. The molecular formula is C13H19N5O. The molecule has 2 rings (SSSR count). The van der Waals surface area contributed by atoms with E-state index in [9.17, 15) is 0 Å². The van der Waals surface area contributed by atoms with Crippen molar-refractivity contribution in [2.24, 2.45) is 0 Å². The predicted molar refractivity (Wildman–Crippen MR) is 73.8 cm³/mol. The second kappa shape index (κ2) is 5.69. The largest absolute Gasteiger partial charge is 0.478 e. The van der Waals surface area contributed by atoms with Gasteiger partial charge in [0.15, 0.2) is 0 Å². The van der Waals surface area contributed by atoms with Gasteiger partial charge in [0.2, 0.25) is 5.88 Å². The summed E-state index contributed by atoms with van der Waals surface area (Å²) in [7, 11) is 0. The van der Waals surface area contributed by atoms with Crippen molar-refractivity contribution in [3.8, 4) is 5.88 Å². The number of anilines is 2. The van der Waals surface area contributed by atoms with Crippen molar-refractivity contribution in [2.75, 3.05) is 11.9 Å². The Morgan fingerprint density at radius 1 is 1.37 bits per heavy atom. The van der Waals surface area contributed by atoms with E-state index in [2.05, 4.69) is 34.2 Å². The molecule has 0 atom stereocenters. The first-order valence-corrected chi connectivity index (χ1v) is 6.37. The molecule has 0 amide bonds. The SMILES string of the molecule is CCOc1ncnc(Nc2cnn(C(C)C)c2)c1C. The first-order chi connectivity index (χ1) is 9.11. The average Bonchev–Trinajstić information content (AvgIpc) is 2.83. The number of hydrogen-bond donors (Lipinski definition) is 1. The highest BCUT2D eigenvalue weighted by molar-refractivity contribution is 5.59. The van der Waals surface area contributed by atoms with Gasteiger partial charge in [-0.25, -0.2) is 9.97 Å². The van der Waals surface area contributed by atoms with Crippen LogP contribution in [0.2, 0.25) is 0 Å². The van der Waals surface area contributed by atoms with E-state index in [-0.39, 0.29) is 0 Å². The van der Waals surface area contributed by atoms with E-state index in [0.29, 0.717) is 18.5 Å². The molecule has 0 aliphatic heterocycles. The van der Waals surface area contributed by atoms with Crippen molar-refractivity contribution >= 4 is 11.5 Å². The summed E-state index contributed by atoms with van der Waals surface area (Å²) in [5.74, 6) is 1.35. The normalized spacial score (nSPS) is 10.8. The molecule has 0 spiro atoms. The second-order valence-electron chi connectivity index (χ2n) is 4.51. The van der Waals surface area contributed by atoms with Crippen LogP contribution in [0.1, 0.15) is 32.4 Å². The summed E-state index contributed by atoms with van der Waals surface area (Å²) in [6, 6.07) is 0.334. The highest BCUT2D eigenvalue weighted by Gasteiger charge is 2.09. The van der Waals surface area contributed by atoms with Crippen LogP contribution in [-0.4, -0.2) is 26.4 Å². The van der Waals surface area contributed by atoms with Gasteiger partial charge in [-0.2, -0.15) is 5.10 Å². The van der Waals surface area contributed by atoms with E-state index in [1.165, 1.54) is 6.33 Å². The van der Waals surface area contributed by atoms with E-state index in [0.717, 1.165) is 17.1 Å². The monoisotopic (exact) mass is 261 g/mol. The lowest BCUT2D eigenvalue weighted by Crippen LogP contribution is -2.02. The summed E-state index contributed by atoms with van der Waals surface area (Å²) in [4.78, 5) is 8.34. The first kappa shape index (κ1) is 13.3. The van der Waals surface area contributed by atoms with E-state index >= 15 is 0 Å². The third-order valence-corrected chi connectivity index (χ3v) is 2.71. The van der Waals surface area contributed by atoms with E-state index in [4.69, 9.17) is 4.74 Å². The Hall–Kier alpha value is -2.11. The van der Waals surface area contributed by atoms with E-state index in [1.807, 2.05) is 24.7 Å². The van der Waals surface area contributed by atoms with Crippen LogP contribution in [0.4, 0.5) is 11.5 Å². The van der Waals surface area contributed by atoms with Crippen LogP contribution < -0.4 is 10.1 Å². The van der Waals surface area contributed by atoms with Crippen LogP contribution in [0.5, 0.6) is 5.88 Å². The summed E-state index contributed by atoms with van der Waals surface area (Å²) in [5, 5.41) is 7.51.